The van der Waals surface area contributed by atoms with Crippen molar-refractivity contribution in [3.05, 3.63) is 76.7 Å². The number of carbonyl (C=O) groups excluding carboxylic acids is 1. The van der Waals surface area contributed by atoms with Crippen LogP contribution < -0.4 is 5.56 Å². The van der Waals surface area contributed by atoms with Gasteiger partial charge >= 0.3 is 0 Å². The van der Waals surface area contributed by atoms with E-state index in [2.05, 4.69) is 34.3 Å². The smallest absolute Gasteiger partial charge is 0.291 e. The van der Waals surface area contributed by atoms with Gasteiger partial charge in [0.1, 0.15) is 11.6 Å². The van der Waals surface area contributed by atoms with Crippen LogP contribution in [0.15, 0.2) is 65.6 Å². The Balaban J connectivity index is 1.41. The molecule has 5 rings (SSSR count). The molecule has 7 heteroatoms. The van der Waals surface area contributed by atoms with Crippen molar-refractivity contribution in [3.63, 3.8) is 0 Å². The van der Waals surface area contributed by atoms with Crippen LogP contribution in [0.2, 0.25) is 0 Å². The van der Waals surface area contributed by atoms with Crippen LogP contribution in [-0.4, -0.2) is 56.2 Å². The highest BCUT2D eigenvalue weighted by Crippen LogP contribution is 2.30. The number of nitrogens with zero attached hydrogens (tertiary/aromatic N) is 5. The standard InChI is InChI=1S/C25H27N5O2/c1-18(24(31)29-14-12-28(13-15-29)17-19-8-4-3-5-9-19)30-22-11-7-6-10-20(22)21-16-26-27(2)25(32)23(21)30/h3-11,16,18H,12-15,17H2,1-2H3/t18-/m0/s1. The highest BCUT2D eigenvalue weighted by atomic mass is 16.2. The van der Waals surface area contributed by atoms with Gasteiger partial charge in [-0.15, -0.1) is 0 Å². The Morgan fingerprint density at radius 3 is 2.41 bits per heavy atom. The zero-order valence-corrected chi connectivity index (χ0v) is 18.4. The Kier molecular flexibility index (Phi) is 5.27. The number of benzene rings is 2. The molecule has 2 aromatic heterocycles. The number of amides is 1. The van der Waals surface area contributed by atoms with Gasteiger partial charge < -0.3 is 9.47 Å². The van der Waals surface area contributed by atoms with Gasteiger partial charge in [-0.3, -0.25) is 14.5 Å². The number of rotatable bonds is 4. The normalized spacial score (nSPS) is 16.0. The van der Waals surface area contributed by atoms with Crippen LogP contribution in [0.1, 0.15) is 18.5 Å². The number of hydrogen-bond acceptors (Lipinski definition) is 4. The molecule has 7 nitrogen and oxygen atoms in total. The van der Waals surface area contributed by atoms with Crippen LogP contribution >= 0.6 is 0 Å². The summed E-state index contributed by atoms with van der Waals surface area (Å²) in [7, 11) is 1.64. The van der Waals surface area contributed by atoms with Gasteiger partial charge in [0.25, 0.3) is 5.56 Å². The molecule has 1 fully saturated rings. The zero-order valence-electron chi connectivity index (χ0n) is 18.4. The van der Waals surface area contributed by atoms with Gasteiger partial charge in [-0.2, -0.15) is 5.10 Å². The summed E-state index contributed by atoms with van der Waals surface area (Å²) in [6, 6.07) is 17.8. The molecule has 1 saturated heterocycles. The average molecular weight is 430 g/mol. The van der Waals surface area contributed by atoms with Gasteiger partial charge in [-0.05, 0) is 18.6 Å². The Labute approximate surface area is 186 Å². The first-order chi connectivity index (χ1) is 15.5. The Bertz CT molecular complexity index is 1330. The lowest BCUT2D eigenvalue weighted by Gasteiger charge is -2.36. The maximum atomic E-state index is 13.5. The van der Waals surface area contributed by atoms with E-state index in [9.17, 15) is 9.59 Å². The number of aryl methyl sites for hydroxylation is 1. The summed E-state index contributed by atoms with van der Waals surface area (Å²) < 4.78 is 3.23. The molecule has 0 saturated carbocycles. The SMILES string of the molecule is C[C@@H](C(=O)N1CCN(Cc2ccccc2)CC1)n1c2ccccc2c2cnn(C)c(=O)c21. The average Bonchev–Trinajstić information content (AvgIpc) is 3.17. The first kappa shape index (κ1) is 20.5. The molecule has 0 spiro atoms. The van der Waals surface area contributed by atoms with Crippen molar-refractivity contribution in [1.82, 2.24) is 24.1 Å². The van der Waals surface area contributed by atoms with E-state index >= 15 is 0 Å². The van der Waals surface area contributed by atoms with Gasteiger partial charge in [0.2, 0.25) is 5.91 Å². The van der Waals surface area contributed by atoms with E-state index < -0.39 is 6.04 Å². The number of aromatic nitrogens is 3. The Morgan fingerprint density at radius 1 is 0.969 bits per heavy atom. The highest BCUT2D eigenvalue weighted by Gasteiger charge is 2.29. The summed E-state index contributed by atoms with van der Waals surface area (Å²) in [6.45, 7) is 5.84. The van der Waals surface area contributed by atoms with Crippen LogP contribution in [0.3, 0.4) is 0 Å². The van der Waals surface area contributed by atoms with E-state index in [-0.39, 0.29) is 11.5 Å². The van der Waals surface area contributed by atoms with Gasteiger partial charge in [-0.25, -0.2) is 4.68 Å². The third-order valence-corrected chi connectivity index (χ3v) is 6.48. The van der Waals surface area contributed by atoms with E-state index in [0.29, 0.717) is 18.6 Å². The summed E-state index contributed by atoms with van der Waals surface area (Å²) >= 11 is 0. The molecule has 1 aliphatic rings. The minimum Gasteiger partial charge on any atom is -0.338 e. The van der Waals surface area contributed by atoms with Gasteiger partial charge in [-0.1, -0.05) is 48.5 Å². The zero-order chi connectivity index (χ0) is 22.2. The third kappa shape index (κ3) is 3.48. The first-order valence-electron chi connectivity index (χ1n) is 11.0. The van der Waals surface area contributed by atoms with E-state index in [1.807, 2.05) is 46.7 Å². The molecule has 0 N–H and O–H groups in total. The summed E-state index contributed by atoms with van der Waals surface area (Å²) in [5.74, 6) is 0.0471. The highest BCUT2D eigenvalue weighted by molar-refractivity contribution is 6.08. The van der Waals surface area contributed by atoms with Crippen LogP contribution in [0.25, 0.3) is 21.8 Å². The van der Waals surface area contributed by atoms with Crippen molar-refractivity contribution in [1.29, 1.82) is 0 Å². The fourth-order valence-electron chi connectivity index (χ4n) is 4.73. The molecule has 1 aliphatic heterocycles. The van der Waals surface area contributed by atoms with E-state index in [4.69, 9.17) is 0 Å². The molecule has 1 amide bonds. The largest absolute Gasteiger partial charge is 0.338 e. The molecular formula is C25H27N5O2. The van der Waals surface area contributed by atoms with Crippen molar-refractivity contribution in [3.8, 4) is 0 Å². The van der Waals surface area contributed by atoms with Crippen molar-refractivity contribution >= 4 is 27.7 Å². The maximum Gasteiger partial charge on any atom is 0.291 e. The molecule has 164 valence electrons. The van der Waals surface area contributed by atoms with Gasteiger partial charge in [0, 0.05) is 50.5 Å². The van der Waals surface area contributed by atoms with Crippen molar-refractivity contribution < 1.29 is 4.79 Å². The molecule has 1 atom stereocenters. The lowest BCUT2D eigenvalue weighted by atomic mass is 10.2. The van der Waals surface area contributed by atoms with Crippen LogP contribution in [0.5, 0.6) is 0 Å². The first-order valence-corrected chi connectivity index (χ1v) is 11.0. The van der Waals surface area contributed by atoms with Crippen LogP contribution in [-0.2, 0) is 18.4 Å². The van der Waals surface area contributed by atoms with Crippen molar-refractivity contribution in [2.24, 2.45) is 7.05 Å². The van der Waals surface area contributed by atoms with E-state index in [0.717, 1.165) is 35.9 Å². The predicted octanol–water partition coefficient (Wildman–Crippen LogP) is 2.79. The second-order valence-electron chi connectivity index (χ2n) is 8.49. The van der Waals surface area contributed by atoms with Crippen LogP contribution in [0, 0.1) is 0 Å². The molecule has 0 unspecified atom stereocenters. The second kappa shape index (κ2) is 8.24. The topological polar surface area (TPSA) is 63.4 Å². The maximum absolute atomic E-state index is 13.5. The molecule has 0 bridgehead atoms. The van der Waals surface area contributed by atoms with Crippen molar-refractivity contribution in [2.75, 3.05) is 26.2 Å². The fourth-order valence-corrected chi connectivity index (χ4v) is 4.73. The number of piperazine rings is 1. The van der Waals surface area contributed by atoms with Crippen LogP contribution in [0.4, 0.5) is 0 Å². The summed E-state index contributed by atoms with van der Waals surface area (Å²) in [6.07, 6.45) is 1.72. The molecule has 3 heterocycles. The number of fused-ring (bicyclic) bond motifs is 3. The third-order valence-electron chi connectivity index (χ3n) is 6.48. The second-order valence-corrected chi connectivity index (χ2v) is 8.49. The van der Waals surface area contributed by atoms with Crippen molar-refractivity contribution in [2.45, 2.75) is 19.5 Å². The quantitative estimate of drug-likeness (QED) is 0.501. The summed E-state index contributed by atoms with van der Waals surface area (Å²) in [5, 5.41) is 5.93. The number of hydrogen-bond donors (Lipinski definition) is 0. The summed E-state index contributed by atoms with van der Waals surface area (Å²) in [4.78, 5) is 30.8. The number of para-hydroxylation sites is 1. The predicted molar refractivity (Wildman–Crippen MR) is 125 cm³/mol. The molecular weight excluding hydrogens is 402 g/mol. The molecule has 2 aromatic carbocycles. The molecule has 32 heavy (non-hydrogen) atoms. The molecule has 4 aromatic rings. The van der Waals surface area contributed by atoms with Gasteiger partial charge in [0.15, 0.2) is 0 Å². The number of carbonyl (C=O) groups is 1. The molecule has 0 radical (unpaired) electrons. The monoisotopic (exact) mass is 429 g/mol. The van der Waals surface area contributed by atoms with Gasteiger partial charge in [0.05, 0.1) is 11.7 Å². The minimum absolute atomic E-state index is 0.0471. The fraction of sp³-hybridized carbons (Fsp3) is 0.320. The lowest BCUT2D eigenvalue weighted by molar-refractivity contribution is -0.135. The Morgan fingerprint density at radius 2 is 1.66 bits per heavy atom. The van der Waals surface area contributed by atoms with E-state index in [1.54, 1.807) is 13.2 Å². The minimum atomic E-state index is -0.479. The molecule has 0 aliphatic carbocycles. The van der Waals surface area contributed by atoms with E-state index in [1.165, 1.54) is 10.2 Å². The Hall–Kier alpha value is -3.45. The summed E-state index contributed by atoms with van der Waals surface area (Å²) in [5.41, 5.74) is 2.52. The lowest BCUT2D eigenvalue weighted by Crippen LogP contribution is -2.50.